The summed E-state index contributed by atoms with van der Waals surface area (Å²) in [5.41, 5.74) is 0. The van der Waals surface area contributed by atoms with Gasteiger partial charge in [-0.25, -0.2) is 0 Å². The van der Waals surface area contributed by atoms with Crippen LogP contribution in [0.1, 0.15) is 19.8 Å². The van der Waals surface area contributed by atoms with Crippen molar-refractivity contribution in [2.75, 3.05) is 26.2 Å². The highest BCUT2D eigenvalue weighted by Gasteiger charge is 2.28. The number of benzene rings is 1. The average molecular weight is 318 g/mol. The summed E-state index contributed by atoms with van der Waals surface area (Å²) in [6.07, 6.45) is 0.946. The van der Waals surface area contributed by atoms with E-state index >= 15 is 0 Å². The van der Waals surface area contributed by atoms with Crippen LogP contribution in [0, 0.1) is 5.92 Å². The lowest BCUT2D eigenvalue weighted by Crippen LogP contribution is -2.46. The quantitative estimate of drug-likeness (QED) is 0.886. The molecule has 6 heteroatoms. The Bertz CT molecular complexity index is 590. The summed E-state index contributed by atoms with van der Waals surface area (Å²) in [5.74, 6) is 1.49. The van der Waals surface area contributed by atoms with Gasteiger partial charge >= 0.3 is 0 Å². The van der Waals surface area contributed by atoms with Crippen LogP contribution in [0.2, 0.25) is 0 Å². The van der Waals surface area contributed by atoms with Gasteiger partial charge in [-0.1, -0.05) is 19.1 Å². The van der Waals surface area contributed by atoms with E-state index in [1.807, 2.05) is 30.0 Å². The zero-order chi connectivity index (χ0) is 16.2. The molecule has 0 radical (unpaired) electrons. The monoisotopic (exact) mass is 318 g/mol. The van der Waals surface area contributed by atoms with Crippen LogP contribution >= 0.6 is 0 Å². The first-order valence-corrected chi connectivity index (χ1v) is 8.07. The molecule has 6 nitrogen and oxygen atoms in total. The van der Waals surface area contributed by atoms with Crippen LogP contribution in [0.4, 0.5) is 0 Å². The summed E-state index contributed by atoms with van der Waals surface area (Å²) >= 11 is 0. The first kappa shape index (κ1) is 15.6. The molecule has 2 aliphatic rings. The van der Waals surface area contributed by atoms with E-state index in [1.165, 1.54) is 0 Å². The Morgan fingerprint density at radius 3 is 2.91 bits per heavy atom. The highest BCUT2D eigenvalue weighted by Crippen LogP contribution is 2.30. The molecule has 124 valence electrons. The van der Waals surface area contributed by atoms with Crippen LogP contribution in [-0.4, -0.2) is 49.1 Å². The second kappa shape index (κ2) is 6.89. The second-order valence-electron chi connectivity index (χ2n) is 6.16. The highest BCUT2D eigenvalue weighted by atomic mass is 16.6. The maximum Gasteiger partial charge on any atom is 0.264 e. The van der Waals surface area contributed by atoms with E-state index in [9.17, 15) is 9.59 Å². The SMILES string of the molecule is CC(CNC(=O)C1COc2ccccc2O1)CN1CCCC1=O. The van der Waals surface area contributed by atoms with Crippen molar-refractivity contribution in [2.24, 2.45) is 5.92 Å². The summed E-state index contributed by atoms with van der Waals surface area (Å²) in [7, 11) is 0. The van der Waals surface area contributed by atoms with Crippen molar-refractivity contribution in [1.29, 1.82) is 0 Å². The number of nitrogens with one attached hydrogen (secondary N) is 1. The van der Waals surface area contributed by atoms with E-state index in [4.69, 9.17) is 9.47 Å². The molecule has 1 N–H and O–H groups in total. The van der Waals surface area contributed by atoms with Gasteiger partial charge in [0, 0.05) is 26.1 Å². The summed E-state index contributed by atoms with van der Waals surface area (Å²) < 4.78 is 11.2. The number of para-hydroxylation sites is 2. The van der Waals surface area contributed by atoms with E-state index in [-0.39, 0.29) is 24.3 Å². The Kier molecular flexibility index (Phi) is 4.69. The topological polar surface area (TPSA) is 67.9 Å². The van der Waals surface area contributed by atoms with Crippen molar-refractivity contribution in [3.05, 3.63) is 24.3 Å². The summed E-state index contributed by atoms with van der Waals surface area (Å²) in [4.78, 5) is 25.7. The lowest BCUT2D eigenvalue weighted by atomic mass is 10.1. The van der Waals surface area contributed by atoms with Crippen molar-refractivity contribution in [1.82, 2.24) is 10.2 Å². The Balaban J connectivity index is 1.45. The van der Waals surface area contributed by atoms with Gasteiger partial charge in [0.25, 0.3) is 5.91 Å². The zero-order valence-corrected chi connectivity index (χ0v) is 13.3. The number of ether oxygens (including phenoxy) is 2. The van der Waals surface area contributed by atoms with Gasteiger partial charge in [0.2, 0.25) is 12.0 Å². The Hall–Kier alpha value is -2.24. The smallest absolute Gasteiger partial charge is 0.264 e. The zero-order valence-electron chi connectivity index (χ0n) is 13.3. The van der Waals surface area contributed by atoms with E-state index in [2.05, 4.69) is 5.32 Å². The minimum Gasteiger partial charge on any atom is -0.485 e. The molecule has 1 saturated heterocycles. The van der Waals surface area contributed by atoms with Gasteiger partial charge in [-0.3, -0.25) is 9.59 Å². The molecule has 0 aliphatic carbocycles. The van der Waals surface area contributed by atoms with Gasteiger partial charge in [0.05, 0.1) is 0 Å². The number of hydrogen-bond donors (Lipinski definition) is 1. The molecule has 2 amide bonds. The minimum atomic E-state index is -0.634. The molecule has 0 saturated carbocycles. The summed E-state index contributed by atoms with van der Waals surface area (Å²) in [6.45, 7) is 4.27. The first-order chi connectivity index (χ1) is 11.1. The first-order valence-electron chi connectivity index (χ1n) is 8.07. The number of likely N-dealkylation sites (tertiary alicyclic amines) is 1. The maximum absolute atomic E-state index is 12.2. The third-order valence-corrected chi connectivity index (χ3v) is 4.13. The fourth-order valence-electron chi connectivity index (χ4n) is 2.88. The molecule has 1 aromatic carbocycles. The standard InChI is InChI=1S/C17H22N2O4/c1-12(10-19-8-4-7-16(19)20)9-18-17(21)15-11-22-13-5-2-3-6-14(13)23-15/h2-3,5-6,12,15H,4,7-11H2,1H3,(H,18,21). The third kappa shape index (κ3) is 3.75. The molecule has 23 heavy (non-hydrogen) atoms. The van der Waals surface area contributed by atoms with Crippen LogP contribution in [-0.2, 0) is 9.59 Å². The lowest BCUT2D eigenvalue weighted by Gasteiger charge is -2.26. The molecule has 2 aliphatic heterocycles. The van der Waals surface area contributed by atoms with E-state index < -0.39 is 6.10 Å². The number of carbonyl (C=O) groups excluding carboxylic acids is 2. The van der Waals surface area contributed by atoms with Crippen LogP contribution in [0.5, 0.6) is 11.5 Å². The van der Waals surface area contributed by atoms with Crippen molar-refractivity contribution in [3.63, 3.8) is 0 Å². The van der Waals surface area contributed by atoms with E-state index in [0.717, 1.165) is 13.0 Å². The van der Waals surface area contributed by atoms with Gasteiger partial charge in [0.15, 0.2) is 11.5 Å². The summed E-state index contributed by atoms with van der Waals surface area (Å²) in [5, 5.41) is 2.89. The Morgan fingerprint density at radius 1 is 1.39 bits per heavy atom. The minimum absolute atomic E-state index is 0.181. The Morgan fingerprint density at radius 2 is 2.17 bits per heavy atom. The predicted molar refractivity (Wildman–Crippen MR) is 84.3 cm³/mol. The molecule has 1 aromatic rings. The fraction of sp³-hybridized carbons (Fsp3) is 0.529. The fourth-order valence-corrected chi connectivity index (χ4v) is 2.88. The van der Waals surface area contributed by atoms with Crippen LogP contribution in [0.3, 0.4) is 0 Å². The van der Waals surface area contributed by atoms with Crippen molar-refractivity contribution < 1.29 is 19.1 Å². The number of hydrogen-bond acceptors (Lipinski definition) is 4. The molecule has 0 bridgehead atoms. The molecule has 0 spiro atoms. The molecular weight excluding hydrogens is 296 g/mol. The van der Waals surface area contributed by atoms with Crippen molar-refractivity contribution in [2.45, 2.75) is 25.9 Å². The maximum atomic E-state index is 12.2. The molecular formula is C17H22N2O4. The third-order valence-electron chi connectivity index (χ3n) is 4.13. The average Bonchev–Trinajstić information content (AvgIpc) is 2.97. The number of rotatable bonds is 5. The largest absolute Gasteiger partial charge is 0.485 e. The lowest BCUT2D eigenvalue weighted by molar-refractivity contribution is -0.130. The van der Waals surface area contributed by atoms with E-state index in [1.54, 1.807) is 6.07 Å². The molecule has 2 heterocycles. The van der Waals surface area contributed by atoms with E-state index in [0.29, 0.717) is 31.0 Å². The number of carbonyl (C=O) groups is 2. The van der Waals surface area contributed by atoms with Gasteiger partial charge in [-0.2, -0.15) is 0 Å². The van der Waals surface area contributed by atoms with Gasteiger partial charge in [-0.15, -0.1) is 0 Å². The van der Waals surface area contributed by atoms with Crippen LogP contribution < -0.4 is 14.8 Å². The van der Waals surface area contributed by atoms with Crippen molar-refractivity contribution in [3.8, 4) is 11.5 Å². The number of nitrogens with zero attached hydrogens (tertiary/aromatic N) is 1. The molecule has 2 unspecified atom stereocenters. The highest BCUT2D eigenvalue weighted by molar-refractivity contribution is 5.81. The summed E-state index contributed by atoms with van der Waals surface area (Å²) in [6, 6.07) is 7.32. The van der Waals surface area contributed by atoms with Crippen molar-refractivity contribution >= 4 is 11.8 Å². The molecule has 1 fully saturated rings. The van der Waals surface area contributed by atoms with Crippen LogP contribution in [0.15, 0.2) is 24.3 Å². The van der Waals surface area contributed by atoms with Gasteiger partial charge in [0.1, 0.15) is 6.61 Å². The second-order valence-corrected chi connectivity index (χ2v) is 6.16. The normalized spacial score (nSPS) is 21.2. The van der Waals surface area contributed by atoms with Gasteiger partial charge < -0.3 is 19.7 Å². The van der Waals surface area contributed by atoms with Gasteiger partial charge in [-0.05, 0) is 24.5 Å². The predicted octanol–water partition coefficient (Wildman–Crippen LogP) is 1.20. The Labute approximate surface area is 135 Å². The number of fused-ring (bicyclic) bond motifs is 1. The number of amides is 2. The molecule has 0 aromatic heterocycles. The molecule has 3 rings (SSSR count). The van der Waals surface area contributed by atoms with Crippen LogP contribution in [0.25, 0.3) is 0 Å². The molecule has 2 atom stereocenters.